The van der Waals surface area contributed by atoms with Crippen LogP contribution in [-0.4, -0.2) is 23.1 Å². The monoisotopic (exact) mass is 284 g/mol. The largest absolute Gasteiger partial charge is 0.465 e. The lowest BCUT2D eigenvalue weighted by atomic mass is 10.0. The highest BCUT2D eigenvalue weighted by Crippen LogP contribution is 2.19. The van der Waals surface area contributed by atoms with Crippen molar-refractivity contribution in [3.05, 3.63) is 60.2 Å². The number of carbonyl (C=O) groups is 2. The van der Waals surface area contributed by atoms with Gasteiger partial charge in [-0.25, -0.2) is 4.79 Å². The summed E-state index contributed by atoms with van der Waals surface area (Å²) in [6.07, 6.45) is -1.03. The summed E-state index contributed by atoms with van der Waals surface area (Å²) in [5.41, 5.74) is 8.18. The molecule has 0 bridgehead atoms. The predicted octanol–water partition coefficient (Wildman–Crippen LogP) is 2.02. The molecule has 4 N–H and O–H groups in total. The molecule has 2 amide bonds. The van der Waals surface area contributed by atoms with Crippen molar-refractivity contribution in [2.24, 2.45) is 5.73 Å². The molecule has 0 heterocycles. The maximum atomic E-state index is 11.2. The Morgan fingerprint density at radius 2 is 1.57 bits per heavy atom. The fourth-order valence-corrected chi connectivity index (χ4v) is 2.07. The number of nitrogens with one attached hydrogen (secondary N) is 1. The molecule has 2 aromatic carbocycles. The maximum Gasteiger partial charge on any atom is 0.405 e. The zero-order chi connectivity index (χ0) is 15.2. The van der Waals surface area contributed by atoms with Gasteiger partial charge >= 0.3 is 6.09 Å². The average Bonchev–Trinajstić information content (AvgIpc) is 2.48. The number of nitrogens with two attached hydrogens (primary N) is 1. The van der Waals surface area contributed by atoms with Gasteiger partial charge in [0.05, 0.1) is 0 Å². The van der Waals surface area contributed by atoms with Crippen molar-refractivity contribution in [3.63, 3.8) is 0 Å². The summed E-state index contributed by atoms with van der Waals surface area (Å²) in [5, 5.41) is 10.8. The molecule has 108 valence electrons. The third kappa shape index (κ3) is 4.07. The normalized spacial score (nSPS) is 11.6. The van der Waals surface area contributed by atoms with Crippen LogP contribution in [0.15, 0.2) is 54.6 Å². The highest BCUT2D eigenvalue weighted by Gasteiger charge is 2.17. The molecule has 0 radical (unpaired) electrons. The summed E-state index contributed by atoms with van der Waals surface area (Å²) < 4.78 is 0. The molecular weight excluding hydrogens is 268 g/mol. The minimum absolute atomic E-state index is 0.233. The molecule has 2 rings (SSSR count). The van der Waals surface area contributed by atoms with Crippen LogP contribution in [0.2, 0.25) is 0 Å². The van der Waals surface area contributed by atoms with Crippen LogP contribution >= 0.6 is 0 Å². The molecule has 0 spiro atoms. The summed E-state index contributed by atoms with van der Waals surface area (Å²) in [6, 6.07) is 16.6. The third-order valence-corrected chi connectivity index (χ3v) is 3.14. The second-order valence-electron chi connectivity index (χ2n) is 4.67. The highest BCUT2D eigenvalue weighted by molar-refractivity contribution is 5.84. The molecule has 1 atom stereocenters. The molecule has 2 aromatic rings. The Kier molecular flexibility index (Phi) is 4.56. The number of benzene rings is 2. The van der Waals surface area contributed by atoms with E-state index in [4.69, 9.17) is 10.8 Å². The van der Waals surface area contributed by atoms with Crippen molar-refractivity contribution in [3.8, 4) is 11.1 Å². The molecule has 5 nitrogen and oxygen atoms in total. The van der Waals surface area contributed by atoms with Gasteiger partial charge in [0, 0.05) is 6.42 Å². The molecule has 0 saturated carbocycles. The van der Waals surface area contributed by atoms with Crippen molar-refractivity contribution in [2.75, 3.05) is 0 Å². The van der Waals surface area contributed by atoms with Crippen LogP contribution in [-0.2, 0) is 11.2 Å². The van der Waals surface area contributed by atoms with Gasteiger partial charge in [-0.15, -0.1) is 0 Å². The maximum absolute atomic E-state index is 11.2. The number of rotatable bonds is 5. The lowest BCUT2D eigenvalue weighted by Gasteiger charge is -2.13. The number of hydrogen-bond acceptors (Lipinski definition) is 2. The lowest BCUT2D eigenvalue weighted by molar-refractivity contribution is -0.119. The number of hydrogen-bond donors (Lipinski definition) is 3. The van der Waals surface area contributed by atoms with Gasteiger partial charge in [0.1, 0.15) is 6.04 Å². The Balaban J connectivity index is 2.11. The van der Waals surface area contributed by atoms with Crippen LogP contribution in [0.1, 0.15) is 5.56 Å². The quantitative estimate of drug-likeness (QED) is 0.784. The van der Waals surface area contributed by atoms with Gasteiger partial charge in [0.25, 0.3) is 0 Å². The first kappa shape index (κ1) is 14.6. The van der Waals surface area contributed by atoms with Crippen LogP contribution in [0.3, 0.4) is 0 Å². The number of amides is 2. The second-order valence-corrected chi connectivity index (χ2v) is 4.67. The van der Waals surface area contributed by atoms with Crippen LogP contribution in [0.5, 0.6) is 0 Å². The van der Waals surface area contributed by atoms with E-state index in [0.717, 1.165) is 16.7 Å². The van der Waals surface area contributed by atoms with Gasteiger partial charge in [-0.3, -0.25) is 4.79 Å². The molecule has 5 heteroatoms. The number of primary amides is 1. The van der Waals surface area contributed by atoms with Crippen molar-refractivity contribution in [1.82, 2.24) is 5.32 Å². The van der Waals surface area contributed by atoms with Gasteiger partial charge < -0.3 is 16.2 Å². The average molecular weight is 284 g/mol. The van der Waals surface area contributed by atoms with Gasteiger partial charge in [-0.2, -0.15) is 0 Å². The minimum atomic E-state index is -1.26. The summed E-state index contributed by atoms with van der Waals surface area (Å²) in [6.45, 7) is 0. The Hall–Kier alpha value is -2.82. The minimum Gasteiger partial charge on any atom is -0.465 e. The topological polar surface area (TPSA) is 92.4 Å². The molecule has 0 saturated heterocycles. The standard InChI is InChI=1S/C16H16N2O3/c17-15(19)14(18-16(20)21)10-11-6-8-13(9-7-11)12-4-2-1-3-5-12/h1-9,14,18H,10H2,(H2,17,19)(H,20,21)/t14-/m0/s1. The second kappa shape index (κ2) is 6.56. The molecule has 0 unspecified atom stereocenters. The van der Waals surface area contributed by atoms with Crippen LogP contribution < -0.4 is 11.1 Å². The lowest BCUT2D eigenvalue weighted by Crippen LogP contribution is -2.45. The summed E-state index contributed by atoms with van der Waals surface area (Å²) in [7, 11) is 0. The van der Waals surface area contributed by atoms with E-state index in [2.05, 4.69) is 5.32 Å². The molecule has 0 aromatic heterocycles. The van der Waals surface area contributed by atoms with Crippen molar-refractivity contribution < 1.29 is 14.7 Å². The molecule has 21 heavy (non-hydrogen) atoms. The van der Waals surface area contributed by atoms with E-state index in [9.17, 15) is 9.59 Å². The summed E-state index contributed by atoms with van der Waals surface area (Å²) in [5.74, 6) is -0.690. The number of carboxylic acid groups (broad SMARTS) is 1. The van der Waals surface area contributed by atoms with E-state index in [1.54, 1.807) is 0 Å². The van der Waals surface area contributed by atoms with Crippen molar-refractivity contribution >= 4 is 12.0 Å². The highest BCUT2D eigenvalue weighted by atomic mass is 16.4. The van der Waals surface area contributed by atoms with Gasteiger partial charge in [-0.05, 0) is 16.7 Å². The fourth-order valence-electron chi connectivity index (χ4n) is 2.07. The number of carbonyl (C=O) groups excluding carboxylic acids is 1. The van der Waals surface area contributed by atoms with Gasteiger partial charge in [0.15, 0.2) is 0 Å². The third-order valence-electron chi connectivity index (χ3n) is 3.14. The van der Waals surface area contributed by atoms with Crippen LogP contribution in [0.4, 0.5) is 4.79 Å². The SMILES string of the molecule is NC(=O)[C@H](Cc1ccc(-c2ccccc2)cc1)NC(=O)O. The molecular formula is C16H16N2O3. The van der Waals surface area contributed by atoms with E-state index in [1.165, 1.54) is 0 Å². The smallest absolute Gasteiger partial charge is 0.405 e. The van der Waals surface area contributed by atoms with E-state index in [0.29, 0.717) is 0 Å². The first-order valence-electron chi connectivity index (χ1n) is 6.49. The van der Waals surface area contributed by atoms with Crippen molar-refractivity contribution in [1.29, 1.82) is 0 Å². The Labute approximate surface area is 122 Å². The first-order valence-corrected chi connectivity index (χ1v) is 6.49. The van der Waals surface area contributed by atoms with Gasteiger partial charge in [-0.1, -0.05) is 54.6 Å². The Morgan fingerprint density at radius 3 is 2.10 bits per heavy atom. The molecule has 0 aliphatic rings. The van der Waals surface area contributed by atoms with Crippen LogP contribution in [0, 0.1) is 0 Å². The van der Waals surface area contributed by atoms with E-state index < -0.39 is 18.0 Å². The van der Waals surface area contributed by atoms with Gasteiger partial charge in [0.2, 0.25) is 5.91 Å². The van der Waals surface area contributed by atoms with E-state index in [-0.39, 0.29) is 6.42 Å². The predicted molar refractivity (Wildman–Crippen MR) is 79.7 cm³/mol. The van der Waals surface area contributed by atoms with Crippen LogP contribution in [0.25, 0.3) is 11.1 Å². The first-order chi connectivity index (χ1) is 10.1. The summed E-state index contributed by atoms with van der Waals surface area (Å²) >= 11 is 0. The zero-order valence-electron chi connectivity index (χ0n) is 11.3. The Morgan fingerprint density at radius 1 is 1.00 bits per heavy atom. The summed E-state index contributed by atoms with van der Waals surface area (Å²) in [4.78, 5) is 21.8. The fraction of sp³-hybridized carbons (Fsp3) is 0.125. The molecule has 0 fully saturated rings. The zero-order valence-corrected chi connectivity index (χ0v) is 11.3. The Bertz CT molecular complexity index is 624. The van der Waals surface area contributed by atoms with E-state index in [1.807, 2.05) is 54.6 Å². The van der Waals surface area contributed by atoms with E-state index >= 15 is 0 Å². The van der Waals surface area contributed by atoms with Crippen molar-refractivity contribution in [2.45, 2.75) is 12.5 Å². The molecule has 0 aliphatic heterocycles. The molecule has 0 aliphatic carbocycles.